The van der Waals surface area contributed by atoms with Crippen molar-refractivity contribution < 1.29 is 89.5 Å². The molecule has 0 aliphatic rings. The summed E-state index contributed by atoms with van der Waals surface area (Å²) >= 11 is 0. The molecule has 0 aliphatic carbocycles. The Morgan fingerprint density at radius 2 is 0.400 bits per heavy atom. The van der Waals surface area contributed by atoms with Gasteiger partial charge in [0.1, 0.15) is 0 Å². The van der Waals surface area contributed by atoms with Gasteiger partial charge >= 0.3 is 0 Å². The van der Waals surface area contributed by atoms with Crippen molar-refractivity contribution in [3.63, 3.8) is 0 Å². The second-order valence-corrected chi connectivity index (χ2v) is 0. The van der Waals surface area contributed by atoms with Gasteiger partial charge < -0.3 is 0 Å². The van der Waals surface area contributed by atoms with Crippen molar-refractivity contribution in [2.24, 2.45) is 0 Å². The quantitative estimate of drug-likeness (QED) is 0.423. The molecule has 5 radical (unpaired) electrons. The Morgan fingerprint density at radius 1 is 0.400 bits per heavy atom. The molecule has 0 heterocycles. The molecule has 5 heavy (non-hydrogen) atoms. The molecule has 0 saturated carbocycles. The van der Waals surface area contributed by atoms with Gasteiger partial charge in [-0.1, -0.05) is 0 Å². The molecule has 0 unspecified atom stereocenters. The van der Waals surface area contributed by atoms with E-state index in [0.717, 1.165) is 0 Å². The van der Waals surface area contributed by atoms with E-state index < -0.39 is 0 Å². The normalized spacial score (nSPS) is 0. The van der Waals surface area contributed by atoms with E-state index in [9.17, 15) is 0 Å². The fourth-order valence-electron chi connectivity index (χ4n) is 0. The Kier molecular flexibility index (Phi) is 158. The summed E-state index contributed by atoms with van der Waals surface area (Å²) in [6, 6.07) is 0. The van der Waals surface area contributed by atoms with Crippen LogP contribution in [0.25, 0.3) is 0 Å². The first-order valence-corrected chi connectivity index (χ1v) is 0. The maximum absolute atomic E-state index is 0. The largest absolute Gasteiger partial charge is 0 e. The molecule has 0 N–H and O–H groups in total. The number of hydrogen-bond donors (Lipinski definition) is 0. The summed E-state index contributed by atoms with van der Waals surface area (Å²) < 4.78 is 0. The minimum atomic E-state index is 0. The van der Waals surface area contributed by atoms with Crippen LogP contribution in [-0.4, -0.2) is 51.4 Å². The molecule has 0 atom stereocenters. The van der Waals surface area contributed by atoms with E-state index in [-0.39, 0.29) is 141 Å². The standard InChI is InChI=1S/4Ag.K. The third-order valence-corrected chi connectivity index (χ3v) is 0. The third-order valence-electron chi connectivity index (χ3n) is 0. The monoisotopic (exact) mass is 467 g/mol. The average Bonchev–Trinajstić information content (AvgIpc) is 0. The summed E-state index contributed by atoms with van der Waals surface area (Å²) in [5.41, 5.74) is 0. The van der Waals surface area contributed by atoms with Gasteiger partial charge in [0.25, 0.3) is 0 Å². The Labute approximate surface area is 137 Å². The summed E-state index contributed by atoms with van der Waals surface area (Å²) in [6.45, 7) is 0. The second kappa shape index (κ2) is 23.5. The van der Waals surface area contributed by atoms with Crippen molar-refractivity contribution in [3.05, 3.63) is 0 Å². The molecule has 0 saturated heterocycles. The Balaban J connectivity index is 0. The molecule has 5 heteroatoms. The Hall–Kier alpha value is 4.60. The number of rotatable bonds is 0. The molecule has 0 amide bonds. The van der Waals surface area contributed by atoms with Gasteiger partial charge in [-0.3, -0.25) is 0 Å². The Morgan fingerprint density at radius 3 is 0.400 bits per heavy atom. The van der Waals surface area contributed by atoms with E-state index in [1.807, 2.05) is 0 Å². The first-order chi connectivity index (χ1) is 0. The molecule has 0 aromatic carbocycles. The topological polar surface area (TPSA) is 0 Å². The molecule has 45 valence electrons. The van der Waals surface area contributed by atoms with Crippen LogP contribution in [0.2, 0.25) is 0 Å². The zero-order chi connectivity index (χ0) is 0. The van der Waals surface area contributed by atoms with Gasteiger partial charge in [0.05, 0.1) is 0 Å². The zero-order valence-corrected chi connectivity index (χ0v) is 11.3. The van der Waals surface area contributed by atoms with Crippen LogP contribution in [0.4, 0.5) is 0 Å². The van der Waals surface area contributed by atoms with Crippen LogP contribution >= 0.6 is 0 Å². The molecular weight excluding hydrogens is 471 g/mol. The molecule has 0 aromatic rings. The van der Waals surface area contributed by atoms with Crippen molar-refractivity contribution in [1.29, 1.82) is 0 Å². The van der Waals surface area contributed by atoms with Crippen molar-refractivity contribution >= 4 is 51.4 Å². The van der Waals surface area contributed by atoms with Gasteiger partial charge in [-0.25, -0.2) is 0 Å². The van der Waals surface area contributed by atoms with Crippen LogP contribution in [0.15, 0.2) is 0 Å². The molecule has 0 fully saturated rings. The van der Waals surface area contributed by atoms with Crippen LogP contribution in [0.1, 0.15) is 0 Å². The molecule has 0 spiro atoms. The van der Waals surface area contributed by atoms with Crippen molar-refractivity contribution in [3.8, 4) is 0 Å². The van der Waals surface area contributed by atoms with Gasteiger partial charge in [-0.2, -0.15) is 0 Å². The maximum atomic E-state index is 0. The Bertz CT molecular complexity index is 3.61. The molecule has 0 aliphatic heterocycles. The molecule has 0 nitrogen and oxygen atoms in total. The van der Waals surface area contributed by atoms with Gasteiger partial charge in [0, 0.05) is 141 Å². The first-order valence-electron chi connectivity index (χ1n) is 0. The molecule has 0 rings (SSSR count). The minimum Gasteiger partial charge on any atom is 0 e. The van der Waals surface area contributed by atoms with Gasteiger partial charge in [0.15, 0.2) is 0 Å². The van der Waals surface area contributed by atoms with Gasteiger partial charge in [0.2, 0.25) is 0 Å². The minimum absolute atomic E-state index is 0. The average molecular weight is 471 g/mol. The third kappa shape index (κ3) is 17.7. The van der Waals surface area contributed by atoms with E-state index in [0.29, 0.717) is 0 Å². The second-order valence-electron chi connectivity index (χ2n) is 0. The molecular formula is Ag4K. The summed E-state index contributed by atoms with van der Waals surface area (Å²) in [4.78, 5) is 0. The van der Waals surface area contributed by atoms with Crippen molar-refractivity contribution in [2.75, 3.05) is 0 Å². The molecule has 0 bridgehead atoms. The van der Waals surface area contributed by atoms with E-state index in [1.165, 1.54) is 0 Å². The van der Waals surface area contributed by atoms with E-state index in [1.54, 1.807) is 0 Å². The van der Waals surface area contributed by atoms with Crippen LogP contribution in [0.5, 0.6) is 0 Å². The smallest absolute Gasteiger partial charge is 0 e. The van der Waals surface area contributed by atoms with Crippen molar-refractivity contribution in [1.82, 2.24) is 0 Å². The van der Waals surface area contributed by atoms with E-state index in [4.69, 9.17) is 0 Å². The first kappa shape index (κ1) is 33.6. The zero-order valence-electron chi connectivity index (χ0n) is 2.21. The SMILES string of the molecule is [Ag].[Ag].[Ag].[Ag].[K]. The predicted octanol–water partition coefficient (Wildman–Crippen LogP) is -0.391. The summed E-state index contributed by atoms with van der Waals surface area (Å²) in [5, 5.41) is 0. The summed E-state index contributed by atoms with van der Waals surface area (Å²) in [5.74, 6) is 0. The van der Waals surface area contributed by atoms with E-state index >= 15 is 0 Å². The summed E-state index contributed by atoms with van der Waals surface area (Å²) in [7, 11) is 0. The fraction of sp³-hybridized carbons (Fsp3) is 0. The van der Waals surface area contributed by atoms with Crippen molar-refractivity contribution in [2.45, 2.75) is 0 Å². The van der Waals surface area contributed by atoms with E-state index in [2.05, 4.69) is 0 Å². The number of hydrogen-bond acceptors (Lipinski definition) is 0. The molecule has 0 aromatic heterocycles. The predicted molar refractivity (Wildman–Crippen MR) is 5.75 cm³/mol. The van der Waals surface area contributed by atoms with Crippen LogP contribution in [0.3, 0.4) is 0 Å². The maximum Gasteiger partial charge on any atom is 0 e. The van der Waals surface area contributed by atoms with Gasteiger partial charge in [-0.15, -0.1) is 0 Å². The summed E-state index contributed by atoms with van der Waals surface area (Å²) in [6.07, 6.45) is 0. The fourth-order valence-corrected chi connectivity index (χ4v) is 0. The van der Waals surface area contributed by atoms with Crippen LogP contribution < -0.4 is 0 Å². The van der Waals surface area contributed by atoms with Crippen LogP contribution in [-0.2, 0) is 89.5 Å². The van der Waals surface area contributed by atoms with Crippen LogP contribution in [0, 0.1) is 0 Å². The van der Waals surface area contributed by atoms with Gasteiger partial charge in [-0.05, 0) is 0 Å².